The number of carboxylic acids is 1. The van der Waals surface area contributed by atoms with E-state index in [0.717, 1.165) is 32.1 Å². The number of amides is 1. The molecule has 0 aromatic heterocycles. The molecule has 0 saturated heterocycles. The molecule has 5 heteroatoms. The molecule has 0 bridgehead atoms. The molecular formula is C14H26N2O3. The Labute approximate surface area is 114 Å². The highest BCUT2D eigenvalue weighted by molar-refractivity contribution is 5.87. The maximum Gasteiger partial charge on any atom is 0.329 e. The van der Waals surface area contributed by atoms with Crippen molar-refractivity contribution in [3.05, 3.63) is 0 Å². The van der Waals surface area contributed by atoms with Crippen LogP contribution in [0.5, 0.6) is 0 Å². The maximum atomic E-state index is 11.9. The Morgan fingerprint density at radius 1 is 1.26 bits per heavy atom. The number of nitrogens with two attached hydrogens (primary N) is 1. The van der Waals surface area contributed by atoms with Gasteiger partial charge in [0.1, 0.15) is 5.54 Å². The highest BCUT2D eigenvalue weighted by Crippen LogP contribution is 2.28. The molecule has 0 spiro atoms. The second-order valence-corrected chi connectivity index (χ2v) is 5.72. The molecule has 1 unspecified atom stereocenters. The molecule has 5 nitrogen and oxygen atoms in total. The molecule has 0 aliphatic heterocycles. The van der Waals surface area contributed by atoms with Crippen molar-refractivity contribution in [2.24, 2.45) is 11.7 Å². The summed E-state index contributed by atoms with van der Waals surface area (Å²) in [6, 6.07) is 0. The predicted molar refractivity (Wildman–Crippen MR) is 73.7 cm³/mol. The van der Waals surface area contributed by atoms with Crippen molar-refractivity contribution < 1.29 is 14.7 Å². The summed E-state index contributed by atoms with van der Waals surface area (Å²) in [6.45, 7) is 2.69. The van der Waals surface area contributed by atoms with E-state index in [9.17, 15) is 14.7 Å². The van der Waals surface area contributed by atoms with Crippen molar-refractivity contribution in [1.29, 1.82) is 0 Å². The van der Waals surface area contributed by atoms with Crippen molar-refractivity contribution in [2.45, 2.75) is 63.8 Å². The molecule has 1 fully saturated rings. The van der Waals surface area contributed by atoms with E-state index in [0.29, 0.717) is 31.7 Å². The number of carbonyl (C=O) groups excluding carboxylic acids is 1. The van der Waals surface area contributed by atoms with Gasteiger partial charge in [0, 0.05) is 6.42 Å². The molecule has 1 aliphatic carbocycles. The Balaban J connectivity index is 2.46. The van der Waals surface area contributed by atoms with Gasteiger partial charge in [-0.15, -0.1) is 0 Å². The highest BCUT2D eigenvalue weighted by atomic mass is 16.4. The third-order valence-corrected chi connectivity index (χ3v) is 4.02. The van der Waals surface area contributed by atoms with Gasteiger partial charge in [-0.05, 0) is 38.1 Å². The molecule has 4 N–H and O–H groups in total. The lowest BCUT2D eigenvalue weighted by atomic mass is 9.81. The largest absolute Gasteiger partial charge is 0.480 e. The van der Waals surface area contributed by atoms with Crippen LogP contribution in [0.25, 0.3) is 0 Å². The smallest absolute Gasteiger partial charge is 0.329 e. The number of carboxylic acid groups (broad SMARTS) is 1. The molecule has 1 aliphatic rings. The van der Waals surface area contributed by atoms with Crippen molar-refractivity contribution >= 4 is 11.9 Å². The Morgan fingerprint density at radius 3 is 2.42 bits per heavy atom. The average Bonchev–Trinajstić information content (AvgIpc) is 2.38. The van der Waals surface area contributed by atoms with E-state index in [1.807, 2.05) is 0 Å². The van der Waals surface area contributed by atoms with Gasteiger partial charge in [-0.25, -0.2) is 4.79 Å². The minimum Gasteiger partial charge on any atom is -0.480 e. The van der Waals surface area contributed by atoms with Gasteiger partial charge in [0.05, 0.1) is 0 Å². The molecule has 0 aromatic rings. The third kappa shape index (κ3) is 4.82. The zero-order valence-corrected chi connectivity index (χ0v) is 11.8. The van der Waals surface area contributed by atoms with Crippen LogP contribution in [0.2, 0.25) is 0 Å². The second kappa shape index (κ2) is 7.48. The van der Waals surface area contributed by atoms with E-state index in [1.165, 1.54) is 0 Å². The normalized spacial score (nSPS) is 19.7. The molecule has 0 aromatic carbocycles. The third-order valence-electron chi connectivity index (χ3n) is 4.02. The first-order chi connectivity index (χ1) is 9.00. The molecule has 110 valence electrons. The summed E-state index contributed by atoms with van der Waals surface area (Å²) in [5.41, 5.74) is 4.45. The molecule has 1 amide bonds. The lowest BCUT2D eigenvalue weighted by Gasteiger charge is -2.34. The van der Waals surface area contributed by atoms with Crippen LogP contribution in [0.15, 0.2) is 0 Å². The zero-order valence-electron chi connectivity index (χ0n) is 11.8. The van der Waals surface area contributed by atoms with Gasteiger partial charge in [0.25, 0.3) is 0 Å². The lowest BCUT2D eigenvalue weighted by molar-refractivity contribution is -0.149. The number of aliphatic carboxylic acids is 1. The lowest BCUT2D eigenvalue weighted by Crippen LogP contribution is -2.55. The minimum absolute atomic E-state index is 0.145. The molecule has 19 heavy (non-hydrogen) atoms. The summed E-state index contributed by atoms with van der Waals surface area (Å²) in [7, 11) is 0. The summed E-state index contributed by atoms with van der Waals surface area (Å²) in [5.74, 6) is -0.633. The van der Waals surface area contributed by atoms with Crippen LogP contribution in [0, 0.1) is 5.92 Å². The van der Waals surface area contributed by atoms with Crippen LogP contribution >= 0.6 is 0 Å². The second-order valence-electron chi connectivity index (χ2n) is 5.72. The summed E-state index contributed by atoms with van der Waals surface area (Å²) in [6.07, 6.45) is 5.94. The Kier molecular flexibility index (Phi) is 6.28. The molecule has 1 atom stereocenters. The maximum absolute atomic E-state index is 11.9. The van der Waals surface area contributed by atoms with Gasteiger partial charge >= 0.3 is 5.97 Å². The Morgan fingerprint density at radius 2 is 1.89 bits per heavy atom. The first kappa shape index (κ1) is 16.0. The molecule has 0 heterocycles. The average molecular weight is 270 g/mol. The molecule has 0 radical (unpaired) electrons. The topological polar surface area (TPSA) is 92.4 Å². The van der Waals surface area contributed by atoms with Gasteiger partial charge < -0.3 is 16.2 Å². The molecule has 1 rings (SSSR count). The number of nitrogens with one attached hydrogen (secondary N) is 1. The molecular weight excluding hydrogens is 244 g/mol. The van der Waals surface area contributed by atoms with Crippen LogP contribution in [0.4, 0.5) is 0 Å². The summed E-state index contributed by atoms with van der Waals surface area (Å²) in [4.78, 5) is 23.3. The summed E-state index contributed by atoms with van der Waals surface area (Å²) in [5, 5.41) is 12.1. The van der Waals surface area contributed by atoms with Crippen molar-refractivity contribution in [3.63, 3.8) is 0 Å². The summed E-state index contributed by atoms with van der Waals surface area (Å²) < 4.78 is 0. The Bertz CT molecular complexity index is 312. The van der Waals surface area contributed by atoms with Crippen molar-refractivity contribution in [1.82, 2.24) is 5.32 Å². The standard InChI is InChI=1S/C14H26N2O3/c1-11(7-10-15)5-6-12(17)16-14(13(18)19)8-3-2-4-9-14/h11H,2-10,15H2,1H3,(H,16,17)(H,18,19). The van der Waals surface area contributed by atoms with Crippen LogP contribution in [0.3, 0.4) is 0 Å². The Hall–Kier alpha value is -1.10. The SMILES string of the molecule is CC(CCN)CCC(=O)NC1(C(=O)O)CCCCC1. The van der Waals surface area contributed by atoms with Crippen LogP contribution in [-0.2, 0) is 9.59 Å². The zero-order chi connectivity index (χ0) is 14.3. The van der Waals surface area contributed by atoms with E-state index < -0.39 is 11.5 Å². The van der Waals surface area contributed by atoms with E-state index >= 15 is 0 Å². The summed E-state index contributed by atoms with van der Waals surface area (Å²) >= 11 is 0. The number of hydrogen-bond acceptors (Lipinski definition) is 3. The number of hydrogen-bond donors (Lipinski definition) is 3. The van der Waals surface area contributed by atoms with Crippen LogP contribution in [-0.4, -0.2) is 29.1 Å². The van der Waals surface area contributed by atoms with Crippen molar-refractivity contribution in [2.75, 3.05) is 6.54 Å². The van der Waals surface area contributed by atoms with E-state index in [1.54, 1.807) is 0 Å². The number of rotatable bonds is 7. The number of carbonyl (C=O) groups is 2. The van der Waals surface area contributed by atoms with Crippen LogP contribution in [0.1, 0.15) is 58.3 Å². The predicted octanol–water partition coefficient (Wildman–Crippen LogP) is 1.66. The first-order valence-electron chi connectivity index (χ1n) is 7.24. The molecule has 1 saturated carbocycles. The van der Waals surface area contributed by atoms with Gasteiger partial charge in [-0.1, -0.05) is 26.2 Å². The first-order valence-corrected chi connectivity index (χ1v) is 7.24. The highest BCUT2D eigenvalue weighted by Gasteiger charge is 2.40. The fraction of sp³-hybridized carbons (Fsp3) is 0.857. The van der Waals surface area contributed by atoms with E-state index in [-0.39, 0.29) is 5.91 Å². The van der Waals surface area contributed by atoms with Gasteiger partial charge in [0.2, 0.25) is 5.91 Å². The van der Waals surface area contributed by atoms with Gasteiger partial charge in [0.15, 0.2) is 0 Å². The van der Waals surface area contributed by atoms with Crippen LogP contribution < -0.4 is 11.1 Å². The van der Waals surface area contributed by atoms with Crippen molar-refractivity contribution in [3.8, 4) is 0 Å². The monoisotopic (exact) mass is 270 g/mol. The van der Waals surface area contributed by atoms with Gasteiger partial charge in [-0.2, -0.15) is 0 Å². The quantitative estimate of drug-likeness (QED) is 0.656. The fourth-order valence-electron chi connectivity index (χ4n) is 2.68. The van der Waals surface area contributed by atoms with E-state index in [4.69, 9.17) is 5.73 Å². The van der Waals surface area contributed by atoms with E-state index in [2.05, 4.69) is 12.2 Å². The fourth-order valence-corrected chi connectivity index (χ4v) is 2.68. The minimum atomic E-state index is -1.02. The van der Waals surface area contributed by atoms with Gasteiger partial charge in [-0.3, -0.25) is 4.79 Å².